The molecule has 1 aliphatic heterocycles. The summed E-state index contributed by atoms with van der Waals surface area (Å²) >= 11 is 0. The van der Waals surface area contributed by atoms with Crippen LogP contribution in [-0.2, 0) is 13.5 Å². The summed E-state index contributed by atoms with van der Waals surface area (Å²) in [5.74, 6) is 1.68. The van der Waals surface area contributed by atoms with Crippen LogP contribution in [-0.4, -0.2) is 43.9 Å². The van der Waals surface area contributed by atoms with Gasteiger partial charge in [0.25, 0.3) is 0 Å². The van der Waals surface area contributed by atoms with Crippen LogP contribution in [0.1, 0.15) is 48.8 Å². The van der Waals surface area contributed by atoms with E-state index in [0.29, 0.717) is 11.8 Å². The summed E-state index contributed by atoms with van der Waals surface area (Å²) in [5, 5.41) is 11.3. The second-order valence-corrected chi connectivity index (χ2v) is 6.87. The fourth-order valence-electron chi connectivity index (χ4n) is 3.39. The number of urea groups is 1. The zero-order chi connectivity index (χ0) is 18.0. The third kappa shape index (κ3) is 4.00. The molecule has 2 atom stereocenters. The van der Waals surface area contributed by atoms with E-state index in [4.69, 9.17) is 4.52 Å². The van der Waals surface area contributed by atoms with Crippen molar-refractivity contribution in [3.63, 3.8) is 0 Å². The topological polar surface area (TPSA) is 89.1 Å². The molecule has 0 spiro atoms. The Kier molecular flexibility index (Phi) is 5.06. The van der Waals surface area contributed by atoms with Gasteiger partial charge in [-0.3, -0.25) is 4.68 Å². The predicted molar refractivity (Wildman–Crippen MR) is 91.9 cm³/mol. The van der Waals surface area contributed by atoms with Gasteiger partial charge in [0.15, 0.2) is 5.82 Å². The number of rotatable bonds is 4. The molecule has 0 radical (unpaired) electrons. The molecule has 25 heavy (non-hydrogen) atoms. The molecule has 136 valence electrons. The van der Waals surface area contributed by atoms with Crippen LogP contribution in [0.2, 0.25) is 0 Å². The van der Waals surface area contributed by atoms with Crippen molar-refractivity contribution in [2.45, 2.75) is 46.1 Å². The van der Waals surface area contributed by atoms with Crippen molar-refractivity contribution in [1.82, 2.24) is 30.1 Å². The van der Waals surface area contributed by atoms with E-state index < -0.39 is 0 Å². The maximum absolute atomic E-state index is 12.6. The highest BCUT2D eigenvalue weighted by molar-refractivity contribution is 5.74. The van der Waals surface area contributed by atoms with Gasteiger partial charge in [-0.05, 0) is 32.6 Å². The first-order valence-corrected chi connectivity index (χ1v) is 8.77. The molecule has 2 aromatic heterocycles. The Bertz CT molecular complexity index is 737. The molecule has 3 heterocycles. The Balaban J connectivity index is 1.57. The van der Waals surface area contributed by atoms with Crippen LogP contribution in [0.25, 0.3) is 0 Å². The van der Waals surface area contributed by atoms with E-state index in [2.05, 4.69) is 20.6 Å². The third-order valence-electron chi connectivity index (χ3n) is 4.93. The largest absolute Gasteiger partial charge is 0.340 e. The van der Waals surface area contributed by atoms with Crippen LogP contribution in [0.3, 0.4) is 0 Å². The minimum atomic E-state index is -0.0681. The Hall–Kier alpha value is -2.38. The number of hydrogen-bond acceptors (Lipinski definition) is 5. The number of nitrogens with zero attached hydrogens (tertiary/aromatic N) is 5. The average Bonchev–Trinajstić information content (AvgIpc) is 3.14. The van der Waals surface area contributed by atoms with Crippen LogP contribution >= 0.6 is 0 Å². The van der Waals surface area contributed by atoms with Crippen molar-refractivity contribution in [2.24, 2.45) is 13.0 Å². The summed E-state index contributed by atoms with van der Waals surface area (Å²) in [5.41, 5.74) is 2.11. The van der Waals surface area contributed by atoms with E-state index in [1.54, 1.807) is 6.92 Å². The number of likely N-dealkylation sites (tertiary alicyclic amines) is 1. The number of piperidine rings is 1. The van der Waals surface area contributed by atoms with Crippen LogP contribution in [0.5, 0.6) is 0 Å². The van der Waals surface area contributed by atoms with Crippen LogP contribution in [0.4, 0.5) is 4.79 Å². The summed E-state index contributed by atoms with van der Waals surface area (Å²) in [6.07, 6.45) is 4.64. The molecule has 0 unspecified atom stereocenters. The lowest BCUT2D eigenvalue weighted by Gasteiger charge is -2.33. The first-order valence-electron chi connectivity index (χ1n) is 8.77. The molecule has 0 bridgehead atoms. The lowest BCUT2D eigenvalue weighted by molar-refractivity contribution is 0.161. The molecule has 1 fully saturated rings. The average molecular weight is 346 g/mol. The van der Waals surface area contributed by atoms with Gasteiger partial charge in [0.05, 0.1) is 12.2 Å². The molecule has 0 aromatic carbocycles. The number of hydrogen-bond donors (Lipinski definition) is 1. The first-order chi connectivity index (χ1) is 11.9. The van der Waals surface area contributed by atoms with E-state index in [-0.39, 0.29) is 12.1 Å². The molecule has 1 aliphatic rings. The smallest absolute Gasteiger partial charge is 0.317 e. The molecule has 0 saturated carbocycles. The number of carbonyl (C=O) groups excluding carboxylic acids is 1. The first kappa shape index (κ1) is 17.4. The van der Waals surface area contributed by atoms with E-state index in [1.807, 2.05) is 36.7 Å². The summed E-state index contributed by atoms with van der Waals surface area (Å²) < 4.78 is 6.85. The Labute approximate surface area is 147 Å². The number of aryl methyl sites for hydroxylation is 2. The summed E-state index contributed by atoms with van der Waals surface area (Å²) in [7, 11) is 1.91. The fourth-order valence-corrected chi connectivity index (χ4v) is 3.39. The van der Waals surface area contributed by atoms with Gasteiger partial charge in [-0.15, -0.1) is 0 Å². The van der Waals surface area contributed by atoms with E-state index in [0.717, 1.165) is 49.4 Å². The predicted octanol–water partition coefficient (Wildman–Crippen LogP) is 2.15. The molecular formula is C17H26N6O2. The molecule has 3 rings (SSSR count). The van der Waals surface area contributed by atoms with Gasteiger partial charge in [-0.2, -0.15) is 10.1 Å². The summed E-state index contributed by atoms with van der Waals surface area (Å²) in [6, 6.07) is -0.0915. The van der Waals surface area contributed by atoms with Crippen molar-refractivity contribution in [3.05, 3.63) is 29.2 Å². The molecule has 8 nitrogen and oxygen atoms in total. The van der Waals surface area contributed by atoms with Gasteiger partial charge >= 0.3 is 6.03 Å². The highest BCUT2D eigenvalue weighted by atomic mass is 16.5. The third-order valence-corrected chi connectivity index (χ3v) is 4.93. The molecule has 1 saturated heterocycles. The molecule has 8 heteroatoms. The highest BCUT2D eigenvalue weighted by Crippen LogP contribution is 2.21. The maximum atomic E-state index is 12.6. The number of carbonyl (C=O) groups is 1. The molecule has 2 aromatic rings. The van der Waals surface area contributed by atoms with E-state index in [1.165, 1.54) is 0 Å². The maximum Gasteiger partial charge on any atom is 0.317 e. The lowest BCUT2D eigenvalue weighted by Crippen LogP contribution is -2.46. The van der Waals surface area contributed by atoms with Gasteiger partial charge in [0.2, 0.25) is 5.89 Å². The van der Waals surface area contributed by atoms with E-state index in [9.17, 15) is 4.79 Å². The van der Waals surface area contributed by atoms with Gasteiger partial charge in [0.1, 0.15) is 0 Å². The molecule has 1 N–H and O–H groups in total. The zero-order valence-electron chi connectivity index (χ0n) is 15.3. The second-order valence-electron chi connectivity index (χ2n) is 6.87. The summed E-state index contributed by atoms with van der Waals surface area (Å²) in [6.45, 7) is 7.30. The standard InChI is InChI=1S/C17H26N6O2/c1-11(15-9-18-22(4)12(15)2)19-17(24)23-7-5-6-14(10-23)8-16-20-13(3)25-21-16/h9,11,14H,5-8,10H2,1-4H3,(H,19,24)/t11-,14+/m1/s1. The van der Waals surface area contributed by atoms with Gasteiger partial charge in [-0.1, -0.05) is 5.16 Å². The number of aromatic nitrogens is 4. The van der Waals surface area contributed by atoms with Gasteiger partial charge in [0, 0.05) is 44.7 Å². The Morgan fingerprint density at radius 1 is 1.48 bits per heavy atom. The zero-order valence-corrected chi connectivity index (χ0v) is 15.3. The quantitative estimate of drug-likeness (QED) is 0.916. The second kappa shape index (κ2) is 7.25. The van der Waals surface area contributed by atoms with E-state index >= 15 is 0 Å². The number of nitrogens with one attached hydrogen (secondary N) is 1. The normalized spacial score (nSPS) is 19.0. The molecule has 2 amide bonds. The van der Waals surface area contributed by atoms with Crippen molar-refractivity contribution in [3.8, 4) is 0 Å². The fraction of sp³-hybridized carbons (Fsp3) is 0.647. The number of amides is 2. The van der Waals surface area contributed by atoms with Crippen molar-refractivity contribution >= 4 is 6.03 Å². The van der Waals surface area contributed by atoms with Crippen molar-refractivity contribution < 1.29 is 9.32 Å². The van der Waals surface area contributed by atoms with Crippen LogP contribution in [0.15, 0.2) is 10.7 Å². The minimum Gasteiger partial charge on any atom is -0.340 e. The van der Waals surface area contributed by atoms with Gasteiger partial charge < -0.3 is 14.7 Å². The molecular weight excluding hydrogens is 320 g/mol. The van der Waals surface area contributed by atoms with Crippen molar-refractivity contribution in [2.75, 3.05) is 13.1 Å². The Morgan fingerprint density at radius 3 is 2.92 bits per heavy atom. The lowest BCUT2D eigenvalue weighted by atomic mass is 9.94. The summed E-state index contributed by atoms with van der Waals surface area (Å²) in [4.78, 5) is 18.8. The molecule has 0 aliphatic carbocycles. The Morgan fingerprint density at radius 2 is 2.28 bits per heavy atom. The highest BCUT2D eigenvalue weighted by Gasteiger charge is 2.26. The van der Waals surface area contributed by atoms with Crippen molar-refractivity contribution in [1.29, 1.82) is 0 Å². The minimum absolute atomic E-state index is 0.0234. The van der Waals surface area contributed by atoms with Gasteiger partial charge in [-0.25, -0.2) is 4.79 Å². The SMILES string of the molecule is Cc1nc(C[C@@H]2CCCN(C(=O)N[C@H](C)c3cnn(C)c3C)C2)no1. The monoisotopic (exact) mass is 346 g/mol. The van der Waals surface area contributed by atoms with Crippen LogP contribution < -0.4 is 5.32 Å². The van der Waals surface area contributed by atoms with Crippen LogP contribution in [0, 0.1) is 19.8 Å².